The second kappa shape index (κ2) is 10.5. The molecular formula is C24H18FN3O5. The summed E-state index contributed by atoms with van der Waals surface area (Å²) in [5.41, 5.74) is 0.0906. The van der Waals surface area contributed by atoms with Crippen molar-refractivity contribution in [2.75, 3.05) is 11.9 Å². The van der Waals surface area contributed by atoms with Gasteiger partial charge in [0.1, 0.15) is 29.0 Å². The molecule has 0 fully saturated rings. The number of hydrogen-bond acceptors (Lipinski definition) is 6. The van der Waals surface area contributed by atoms with Crippen LogP contribution in [0.5, 0.6) is 17.2 Å². The molecule has 0 unspecified atom stereocenters. The van der Waals surface area contributed by atoms with Gasteiger partial charge in [0.25, 0.3) is 5.91 Å². The molecule has 0 atom stereocenters. The molecule has 3 rings (SSSR count). The van der Waals surface area contributed by atoms with Gasteiger partial charge in [0.15, 0.2) is 0 Å². The second-order valence-electron chi connectivity index (χ2n) is 6.62. The number of hydrogen-bond donors (Lipinski definition) is 1. The maximum Gasteiger partial charge on any atom is 0.312 e. The van der Waals surface area contributed by atoms with Crippen LogP contribution in [0.3, 0.4) is 0 Å². The van der Waals surface area contributed by atoms with Crippen molar-refractivity contribution in [2.24, 2.45) is 0 Å². The van der Waals surface area contributed by atoms with Crippen LogP contribution in [-0.2, 0) is 4.79 Å². The van der Waals surface area contributed by atoms with Gasteiger partial charge in [0, 0.05) is 11.8 Å². The molecule has 0 saturated carbocycles. The summed E-state index contributed by atoms with van der Waals surface area (Å²) in [5, 5.41) is 23.5. The Morgan fingerprint density at radius 1 is 1.12 bits per heavy atom. The van der Waals surface area contributed by atoms with Crippen LogP contribution in [0.4, 0.5) is 15.8 Å². The Morgan fingerprint density at radius 3 is 2.39 bits per heavy atom. The van der Waals surface area contributed by atoms with E-state index in [0.29, 0.717) is 18.0 Å². The minimum atomic E-state index is -0.670. The molecule has 0 radical (unpaired) electrons. The minimum absolute atomic E-state index is 0.0684. The van der Waals surface area contributed by atoms with E-state index in [1.165, 1.54) is 48.5 Å². The van der Waals surface area contributed by atoms with E-state index in [9.17, 15) is 24.6 Å². The number of benzene rings is 3. The molecule has 0 aliphatic rings. The van der Waals surface area contributed by atoms with Crippen LogP contribution in [0, 0.1) is 27.3 Å². The zero-order valence-electron chi connectivity index (χ0n) is 17.4. The first-order valence-corrected chi connectivity index (χ1v) is 9.77. The van der Waals surface area contributed by atoms with Crippen molar-refractivity contribution in [3.63, 3.8) is 0 Å². The van der Waals surface area contributed by atoms with Crippen molar-refractivity contribution in [3.05, 3.63) is 93.8 Å². The topological polar surface area (TPSA) is 114 Å². The monoisotopic (exact) mass is 447 g/mol. The van der Waals surface area contributed by atoms with E-state index in [0.717, 1.165) is 0 Å². The first-order chi connectivity index (χ1) is 15.9. The van der Waals surface area contributed by atoms with Crippen molar-refractivity contribution in [2.45, 2.75) is 6.92 Å². The molecule has 0 bridgehead atoms. The van der Waals surface area contributed by atoms with Gasteiger partial charge in [-0.25, -0.2) is 4.39 Å². The zero-order chi connectivity index (χ0) is 23.8. The van der Waals surface area contributed by atoms with Gasteiger partial charge in [0.05, 0.1) is 11.5 Å². The average Bonchev–Trinajstić information content (AvgIpc) is 2.81. The third-order valence-electron chi connectivity index (χ3n) is 4.32. The third-order valence-corrected chi connectivity index (χ3v) is 4.32. The molecule has 1 N–H and O–H groups in total. The van der Waals surface area contributed by atoms with Gasteiger partial charge in [-0.3, -0.25) is 14.9 Å². The molecule has 3 aromatic carbocycles. The van der Waals surface area contributed by atoms with Crippen LogP contribution in [0.1, 0.15) is 12.5 Å². The van der Waals surface area contributed by atoms with Crippen molar-refractivity contribution < 1.29 is 23.6 Å². The van der Waals surface area contributed by atoms with Crippen LogP contribution in [-0.4, -0.2) is 17.4 Å². The summed E-state index contributed by atoms with van der Waals surface area (Å²) in [6.07, 6.45) is 1.23. The number of nitriles is 1. The minimum Gasteiger partial charge on any atom is -0.494 e. The highest BCUT2D eigenvalue weighted by atomic mass is 19.1. The summed E-state index contributed by atoms with van der Waals surface area (Å²) in [6, 6.07) is 17.4. The van der Waals surface area contributed by atoms with Gasteiger partial charge >= 0.3 is 5.69 Å². The number of nitro benzene ring substituents is 1. The molecule has 3 aromatic rings. The Kier molecular flexibility index (Phi) is 7.34. The van der Waals surface area contributed by atoms with Crippen molar-refractivity contribution in [1.82, 2.24) is 0 Å². The van der Waals surface area contributed by atoms with Crippen LogP contribution in [0.15, 0.2) is 72.3 Å². The number of nitrogens with one attached hydrogen (secondary N) is 1. The summed E-state index contributed by atoms with van der Waals surface area (Å²) < 4.78 is 23.9. The quantitative estimate of drug-likeness (QED) is 0.212. The highest BCUT2D eigenvalue weighted by Crippen LogP contribution is 2.33. The highest BCUT2D eigenvalue weighted by Gasteiger charge is 2.18. The molecule has 0 aliphatic heterocycles. The van der Waals surface area contributed by atoms with E-state index in [1.54, 1.807) is 30.3 Å². The lowest BCUT2D eigenvalue weighted by molar-refractivity contribution is -0.385. The van der Waals surface area contributed by atoms with E-state index in [2.05, 4.69) is 5.32 Å². The zero-order valence-corrected chi connectivity index (χ0v) is 17.4. The van der Waals surface area contributed by atoms with E-state index >= 15 is 0 Å². The number of nitrogens with zero attached hydrogens (tertiary/aromatic N) is 2. The maximum atomic E-state index is 13.1. The molecule has 33 heavy (non-hydrogen) atoms. The fourth-order valence-corrected chi connectivity index (χ4v) is 2.80. The van der Waals surface area contributed by atoms with E-state index in [4.69, 9.17) is 9.47 Å². The van der Waals surface area contributed by atoms with Crippen LogP contribution in [0.25, 0.3) is 6.08 Å². The lowest BCUT2D eigenvalue weighted by atomic mass is 10.1. The number of carbonyl (C=O) groups is 1. The Balaban J connectivity index is 1.81. The molecule has 8 nitrogen and oxygen atoms in total. The number of carbonyl (C=O) groups excluding carboxylic acids is 1. The summed E-state index contributed by atoms with van der Waals surface area (Å²) in [5.74, 6) is -0.348. The Hall–Kier alpha value is -4.71. The summed E-state index contributed by atoms with van der Waals surface area (Å²) in [7, 11) is 0. The van der Waals surface area contributed by atoms with Crippen molar-refractivity contribution in [3.8, 4) is 23.3 Å². The Labute approximate surface area is 188 Å². The lowest BCUT2D eigenvalue weighted by Crippen LogP contribution is -2.13. The first-order valence-electron chi connectivity index (χ1n) is 9.77. The van der Waals surface area contributed by atoms with Crippen molar-refractivity contribution >= 4 is 23.4 Å². The molecule has 0 aliphatic carbocycles. The van der Waals surface area contributed by atoms with Gasteiger partial charge in [-0.15, -0.1) is 0 Å². The molecule has 166 valence electrons. The van der Waals surface area contributed by atoms with Crippen LogP contribution < -0.4 is 14.8 Å². The fourth-order valence-electron chi connectivity index (χ4n) is 2.80. The smallest absolute Gasteiger partial charge is 0.312 e. The molecule has 0 heterocycles. The summed E-state index contributed by atoms with van der Waals surface area (Å²) >= 11 is 0. The Morgan fingerprint density at radius 2 is 1.79 bits per heavy atom. The molecule has 0 aromatic heterocycles. The predicted molar refractivity (Wildman–Crippen MR) is 119 cm³/mol. The van der Waals surface area contributed by atoms with Crippen molar-refractivity contribution in [1.29, 1.82) is 5.26 Å². The molecule has 9 heteroatoms. The number of nitro groups is 1. The second-order valence-corrected chi connectivity index (χ2v) is 6.62. The Bertz CT molecular complexity index is 1230. The summed E-state index contributed by atoms with van der Waals surface area (Å²) in [4.78, 5) is 23.4. The predicted octanol–water partition coefficient (Wildman–Crippen LogP) is 5.47. The largest absolute Gasteiger partial charge is 0.494 e. The third kappa shape index (κ3) is 6.15. The number of anilines is 1. The van der Waals surface area contributed by atoms with E-state index < -0.39 is 16.6 Å². The normalized spacial score (nSPS) is 10.8. The molecule has 0 spiro atoms. The molecule has 1 amide bonds. The standard InChI is InChI=1S/C24H18FN3O5/c1-2-32-20-10-6-19(7-11-20)27-24(29)17(15-26)13-16-3-12-23(22(14-16)28(30)31)33-21-8-4-18(25)5-9-21/h3-14H,2H2,1H3,(H,27,29)/b17-13+. The fraction of sp³-hybridized carbons (Fsp3) is 0.0833. The maximum absolute atomic E-state index is 13.1. The first kappa shape index (κ1) is 23.0. The number of rotatable bonds is 8. The SMILES string of the molecule is CCOc1ccc(NC(=O)/C(C#N)=C/c2ccc(Oc3ccc(F)cc3)c([N+](=O)[O-])c2)cc1. The van der Waals surface area contributed by atoms with Gasteiger partial charge in [-0.2, -0.15) is 5.26 Å². The van der Waals surface area contributed by atoms with E-state index in [1.807, 2.05) is 6.92 Å². The van der Waals surface area contributed by atoms with Crippen LogP contribution in [0.2, 0.25) is 0 Å². The highest BCUT2D eigenvalue weighted by molar-refractivity contribution is 6.09. The van der Waals surface area contributed by atoms with Gasteiger partial charge in [0.2, 0.25) is 5.75 Å². The van der Waals surface area contributed by atoms with Gasteiger partial charge in [-0.05, 0) is 73.2 Å². The van der Waals surface area contributed by atoms with Gasteiger partial charge < -0.3 is 14.8 Å². The lowest BCUT2D eigenvalue weighted by Gasteiger charge is -2.08. The van der Waals surface area contributed by atoms with E-state index in [-0.39, 0.29) is 28.3 Å². The van der Waals surface area contributed by atoms with Gasteiger partial charge in [-0.1, -0.05) is 6.07 Å². The number of halogens is 1. The number of amides is 1. The van der Waals surface area contributed by atoms with Crippen LogP contribution >= 0.6 is 0 Å². The summed E-state index contributed by atoms with van der Waals surface area (Å²) in [6.45, 7) is 2.36. The average molecular weight is 447 g/mol. The number of ether oxygens (including phenoxy) is 2. The molecule has 0 saturated heterocycles. The molecular weight excluding hydrogens is 429 g/mol.